The van der Waals surface area contributed by atoms with Gasteiger partial charge in [0.15, 0.2) is 11.5 Å². The molecule has 0 fully saturated rings. The minimum absolute atomic E-state index is 0.201. The van der Waals surface area contributed by atoms with Gasteiger partial charge in [-0.3, -0.25) is 0 Å². The number of methoxy groups -OCH3 is 3. The average Bonchev–Trinajstić information content (AvgIpc) is 2.45. The number of carbonyl (C=O) groups is 1. The molecule has 0 saturated carbocycles. The standard InChI is InChI=1S/C13H20N2O4/c1-14-13(16)15-6-5-9-7-10(17-2)12(19-4)11(8-9)18-3/h7-8H,5-6H2,1-4H3,(H2,14,15,16). The van der Waals surface area contributed by atoms with Gasteiger partial charge in [-0.25, -0.2) is 4.79 Å². The highest BCUT2D eigenvalue weighted by atomic mass is 16.5. The fourth-order valence-electron chi connectivity index (χ4n) is 1.69. The first-order valence-electron chi connectivity index (χ1n) is 5.90. The third-order valence-corrected chi connectivity index (χ3v) is 2.65. The van der Waals surface area contributed by atoms with E-state index in [9.17, 15) is 4.79 Å². The molecule has 19 heavy (non-hydrogen) atoms. The van der Waals surface area contributed by atoms with Crippen LogP contribution >= 0.6 is 0 Å². The minimum atomic E-state index is -0.201. The molecule has 0 aliphatic heterocycles. The van der Waals surface area contributed by atoms with Crippen LogP contribution in [0.1, 0.15) is 5.56 Å². The monoisotopic (exact) mass is 268 g/mol. The summed E-state index contributed by atoms with van der Waals surface area (Å²) in [5.41, 5.74) is 0.992. The zero-order valence-corrected chi connectivity index (χ0v) is 11.7. The van der Waals surface area contributed by atoms with Crippen LogP contribution < -0.4 is 24.8 Å². The minimum Gasteiger partial charge on any atom is -0.493 e. The Morgan fingerprint density at radius 2 is 1.68 bits per heavy atom. The number of amides is 2. The number of nitrogens with one attached hydrogen (secondary N) is 2. The van der Waals surface area contributed by atoms with Crippen molar-refractivity contribution in [1.29, 1.82) is 0 Å². The van der Waals surface area contributed by atoms with Crippen molar-refractivity contribution in [1.82, 2.24) is 10.6 Å². The van der Waals surface area contributed by atoms with Crippen LogP contribution in [0.15, 0.2) is 12.1 Å². The summed E-state index contributed by atoms with van der Waals surface area (Å²) in [6, 6.07) is 3.53. The summed E-state index contributed by atoms with van der Waals surface area (Å²) in [7, 11) is 6.29. The van der Waals surface area contributed by atoms with Gasteiger partial charge in [0.1, 0.15) is 0 Å². The Morgan fingerprint density at radius 1 is 1.11 bits per heavy atom. The van der Waals surface area contributed by atoms with Crippen molar-refractivity contribution in [3.63, 3.8) is 0 Å². The predicted molar refractivity (Wildman–Crippen MR) is 72.3 cm³/mol. The van der Waals surface area contributed by atoms with Crippen molar-refractivity contribution >= 4 is 6.03 Å². The number of benzene rings is 1. The Morgan fingerprint density at radius 3 is 2.11 bits per heavy atom. The molecule has 0 atom stereocenters. The number of hydrogen-bond acceptors (Lipinski definition) is 4. The van der Waals surface area contributed by atoms with Crippen molar-refractivity contribution in [2.45, 2.75) is 6.42 Å². The van der Waals surface area contributed by atoms with E-state index in [1.165, 1.54) is 0 Å². The molecule has 0 aromatic heterocycles. The van der Waals surface area contributed by atoms with Gasteiger partial charge in [0, 0.05) is 13.6 Å². The Labute approximate surface area is 113 Å². The molecule has 0 saturated heterocycles. The van der Waals surface area contributed by atoms with Crippen molar-refractivity contribution < 1.29 is 19.0 Å². The fourth-order valence-corrected chi connectivity index (χ4v) is 1.69. The normalized spacial score (nSPS) is 9.68. The molecular weight excluding hydrogens is 248 g/mol. The van der Waals surface area contributed by atoms with Gasteiger partial charge in [-0.1, -0.05) is 0 Å². The predicted octanol–water partition coefficient (Wildman–Crippen LogP) is 1.18. The first-order valence-corrected chi connectivity index (χ1v) is 5.90. The van der Waals surface area contributed by atoms with E-state index in [4.69, 9.17) is 14.2 Å². The highest BCUT2D eigenvalue weighted by Gasteiger charge is 2.12. The molecule has 0 bridgehead atoms. The van der Waals surface area contributed by atoms with Crippen LogP contribution in [-0.2, 0) is 6.42 Å². The summed E-state index contributed by atoms with van der Waals surface area (Å²) in [4.78, 5) is 11.1. The van der Waals surface area contributed by atoms with Gasteiger partial charge in [-0.2, -0.15) is 0 Å². The van der Waals surface area contributed by atoms with E-state index in [0.717, 1.165) is 5.56 Å². The Balaban J connectivity index is 2.81. The quantitative estimate of drug-likeness (QED) is 0.813. The maximum Gasteiger partial charge on any atom is 0.314 e. The summed E-state index contributed by atoms with van der Waals surface area (Å²) in [6.45, 7) is 0.526. The van der Waals surface area contributed by atoms with Gasteiger partial charge < -0.3 is 24.8 Å². The molecule has 2 N–H and O–H groups in total. The second kappa shape index (κ2) is 7.35. The Kier molecular flexibility index (Phi) is 5.78. The van der Waals surface area contributed by atoms with Gasteiger partial charge in [-0.15, -0.1) is 0 Å². The lowest BCUT2D eigenvalue weighted by Crippen LogP contribution is -2.33. The SMILES string of the molecule is CNC(=O)NCCc1cc(OC)c(OC)c(OC)c1. The van der Waals surface area contributed by atoms with E-state index in [1.54, 1.807) is 28.4 Å². The first-order chi connectivity index (χ1) is 9.15. The number of hydrogen-bond donors (Lipinski definition) is 2. The third kappa shape index (κ3) is 3.94. The largest absolute Gasteiger partial charge is 0.493 e. The lowest BCUT2D eigenvalue weighted by atomic mass is 10.1. The zero-order chi connectivity index (χ0) is 14.3. The fraction of sp³-hybridized carbons (Fsp3) is 0.462. The lowest BCUT2D eigenvalue weighted by Gasteiger charge is -2.14. The maximum absolute atomic E-state index is 11.1. The van der Waals surface area contributed by atoms with E-state index >= 15 is 0 Å². The summed E-state index contributed by atoms with van der Waals surface area (Å²) in [5, 5.41) is 5.22. The molecule has 0 unspecified atom stereocenters. The molecular formula is C13H20N2O4. The van der Waals surface area contributed by atoms with Gasteiger partial charge in [0.25, 0.3) is 0 Å². The van der Waals surface area contributed by atoms with E-state index < -0.39 is 0 Å². The Bertz CT molecular complexity index is 410. The van der Waals surface area contributed by atoms with E-state index in [2.05, 4.69) is 10.6 Å². The molecule has 0 radical (unpaired) electrons. The molecule has 1 aromatic carbocycles. The van der Waals surface area contributed by atoms with Crippen LogP contribution in [-0.4, -0.2) is 41.0 Å². The average molecular weight is 268 g/mol. The number of urea groups is 1. The molecule has 1 rings (SSSR count). The summed E-state index contributed by atoms with van der Waals surface area (Å²) in [6.07, 6.45) is 0.671. The second-order valence-electron chi connectivity index (χ2n) is 3.79. The number of ether oxygens (including phenoxy) is 3. The van der Waals surface area contributed by atoms with Crippen LogP contribution in [0.3, 0.4) is 0 Å². The van der Waals surface area contributed by atoms with Crippen molar-refractivity contribution in [3.05, 3.63) is 17.7 Å². The van der Waals surface area contributed by atoms with Crippen LogP contribution in [0.4, 0.5) is 4.79 Å². The molecule has 6 nitrogen and oxygen atoms in total. The molecule has 1 aromatic rings. The maximum atomic E-state index is 11.1. The van der Waals surface area contributed by atoms with Gasteiger partial charge >= 0.3 is 6.03 Å². The molecule has 106 valence electrons. The van der Waals surface area contributed by atoms with Crippen molar-refractivity contribution in [3.8, 4) is 17.2 Å². The van der Waals surface area contributed by atoms with E-state index in [-0.39, 0.29) is 6.03 Å². The molecule has 0 aliphatic rings. The van der Waals surface area contributed by atoms with Crippen LogP contribution in [0.25, 0.3) is 0 Å². The number of carbonyl (C=O) groups excluding carboxylic acids is 1. The molecule has 0 aliphatic carbocycles. The van der Waals surface area contributed by atoms with Crippen molar-refractivity contribution in [2.75, 3.05) is 34.9 Å². The topological polar surface area (TPSA) is 68.8 Å². The second-order valence-corrected chi connectivity index (χ2v) is 3.79. The third-order valence-electron chi connectivity index (χ3n) is 2.65. The molecule has 6 heteroatoms. The molecule has 2 amide bonds. The first kappa shape index (κ1) is 14.9. The smallest absolute Gasteiger partial charge is 0.314 e. The number of rotatable bonds is 6. The van der Waals surface area contributed by atoms with Crippen molar-refractivity contribution in [2.24, 2.45) is 0 Å². The summed E-state index contributed by atoms with van der Waals surface area (Å²) >= 11 is 0. The van der Waals surface area contributed by atoms with Crippen LogP contribution in [0, 0.1) is 0 Å². The summed E-state index contributed by atoms with van der Waals surface area (Å²) < 4.78 is 15.8. The van der Waals surface area contributed by atoms with Gasteiger partial charge in [-0.05, 0) is 24.1 Å². The zero-order valence-electron chi connectivity index (χ0n) is 11.7. The molecule has 0 heterocycles. The van der Waals surface area contributed by atoms with Crippen LogP contribution in [0.2, 0.25) is 0 Å². The van der Waals surface area contributed by atoms with Gasteiger partial charge in [0.2, 0.25) is 5.75 Å². The van der Waals surface area contributed by atoms with E-state index in [0.29, 0.717) is 30.2 Å². The summed E-state index contributed by atoms with van der Waals surface area (Å²) in [5.74, 6) is 1.78. The van der Waals surface area contributed by atoms with Crippen LogP contribution in [0.5, 0.6) is 17.2 Å². The Hall–Kier alpha value is -2.11. The highest BCUT2D eigenvalue weighted by molar-refractivity contribution is 5.73. The van der Waals surface area contributed by atoms with E-state index in [1.807, 2.05) is 12.1 Å². The van der Waals surface area contributed by atoms with Gasteiger partial charge in [0.05, 0.1) is 21.3 Å². The molecule has 0 spiro atoms. The highest BCUT2D eigenvalue weighted by Crippen LogP contribution is 2.38. The lowest BCUT2D eigenvalue weighted by molar-refractivity contribution is 0.243.